The Hall–Kier alpha value is -2.25. The Balaban J connectivity index is 1.20. The lowest BCUT2D eigenvalue weighted by Crippen LogP contribution is -2.50. The molecule has 0 bridgehead atoms. The fraction of sp³-hybridized carbons (Fsp3) is 0.649. The van der Waals surface area contributed by atoms with E-state index in [0.29, 0.717) is 6.04 Å². The minimum Gasteiger partial charge on any atom is -0.348 e. The van der Waals surface area contributed by atoms with Crippen molar-refractivity contribution in [2.75, 3.05) is 13.1 Å². The van der Waals surface area contributed by atoms with Gasteiger partial charge < -0.3 is 5.32 Å². The SMILES string of the molecule is O=C(NC1CN(Cc2ccccc2)N(C2CCCCCCCC2)C1)C1ONC(c2ccccc2)C12CCCCCCCC2. The monoisotopic (exact) mass is 586 g/mol. The smallest absolute Gasteiger partial charge is 0.252 e. The van der Waals surface area contributed by atoms with Crippen molar-refractivity contribution in [1.82, 2.24) is 20.8 Å². The molecule has 2 N–H and O–H groups in total. The summed E-state index contributed by atoms with van der Waals surface area (Å²) in [6.45, 7) is 2.64. The third-order valence-corrected chi connectivity index (χ3v) is 10.8. The van der Waals surface area contributed by atoms with E-state index in [1.807, 2.05) is 0 Å². The van der Waals surface area contributed by atoms with Crippen molar-refractivity contribution in [2.45, 2.75) is 134 Å². The van der Waals surface area contributed by atoms with E-state index in [0.717, 1.165) is 45.3 Å². The van der Waals surface area contributed by atoms with Gasteiger partial charge in [-0.2, -0.15) is 5.48 Å². The molecule has 4 fully saturated rings. The van der Waals surface area contributed by atoms with Crippen LogP contribution in [-0.4, -0.2) is 47.2 Å². The molecule has 43 heavy (non-hydrogen) atoms. The minimum atomic E-state index is -0.475. The van der Waals surface area contributed by atoms with Crippen LogP contribution in [0.25, 0.3) is 0 Å². The van der Waals surface area contributed by atoms with Crippen LogP contribution in [0.1, 0.15) is 120 Å². The van der Waals surface area contributed by atoms with Crippen LogP contribution in [0.15, 0.2) is 60.7 Å². The van der Waals surface area contributed by atoms with Crippen molar-refractivity contribution in [3.63, 3.8) is 0 Å². The first-order chi connectivity index (χ1) is 21.2. The van der Waals surface area contributed by atoms with Gasteiger partial charge in [0, 0.05) is 31.1 Å². The van der Waals surface area contributed by atoms with Gasteiger partial charge in [0.25, 0.3) is 5.91 Å². The van der Waals surface area contributed by atoms with Crippen molar-refractivity contribution in [1.29, 1.82) is 0 Å². The Morgan fingerprint density at radius 3 is 2.00 bits per heavy atom. The number of hydrogen-bond acceptors (Lipinski definition) is 5. The molecule has 3 unspecified atom stereocenters. The van der Waals surface area contributed by atoms with Gasteiger partial charge in [0.05, 0.1) is 12.1 Å². The predicted molar refractivity (Wildman–Crippen MR) is 173 cm³/mol. The highest BCUT2D eigenvalue weighted by molar-refractivity contribution is 5.82. The van der Waals surface area contributed by atoms with Gasteiger partial charge in [-0.1, -0.05) is 138 Å². The largest absolute Gasteiger partial charge is 0.348 e. The Bertz CT molecular complexity index is 1110. The number of hydroxylamine groups is 1. The second-order valence-corrected chi connectivity index (χ2v) is 13.8. The van der Waals surface area contributed by atoms with E-state index in [-0.39, 0.29) is 23.4 Å². The first-order valence-electron chi connectivity index (χ1n) is 17.5. The van der Waals surface area contributed by atoms with Crippen molar-refractivity contribution in [2.24, 2.45) is 5.41 Å². The number of hydrazine groups is 1. The van der Waals surface area contributed by atoms with Crippen LogP contribution in [0.3, 0.4) is 0 Å². The summed E-state index contributed by atoms with van der Waals surface area (Å²) in [4.78, 5) is 20.7. The maximum atomic E-state index is 14.3. The van der Waals surface area contributed by atoms with Crippen molar-refractivity contribution < 1.29 is 9.63 Å². The molecule has 2 heterocycles. The topological polar surface area (TPSA) is 56.8 Å². The number of rotatable bonds is 6. The summed E-state index contributed by atoms with van der Waals surface area (Å²) < 4.78 is 0. The molecule has 0 radical (unpaired) electrons. The van der Waals surface area contributed by atoms with Crippen LogP contribution < -0.4 is 10.8 Å². The Morgan fingerprint density at radius 1 is 0.767 bits per heavy atom. The average Bonchev–Trinajstić information content (AvgIpc) is 3.66. The van der Waals surface area contributed by atoms with E-state index in [4.69, 9.17) is 4.84 Å². The number of benzene rings is 2. The number of hydrogen-bond donors (Lipinski definition) is 2. The molecule has 6 nitrogen and oxygen atoms in total. The van der Waals surface area contributed by atoms with E-state index in [9.17, 15) is 4.79 Å². The van der Waals surface area contributed by atoms with Gasteiger partial charge in [0.15, 0.2) is 6.10 Å². The molecule has 6 rings (SSSR count). The molecule has 2 saturated heterocycles. The third kappa shape index (κ3) is 7.53. The molecule has 1 spiro atoms. The zero-order valence-electron chi connectivity index (χ0n) is 26.2. The van der Waals surface area contributed by atoms with Crippen LogP contribution in [0.4, 0.5) is 0 Å². The summed E-state index contributed by atoms with van der Waals surface area (Å²) in [6.07, 6.45) is 19.5. The quantitative estimate of drug-likeness (QED) is 0.368. The molecule has 2 aliphatic heterocycles. The molecule has 2 aromatic rings. The van der Waals surface area contributed by atoms with Gasteiger partial charge in [-0.15, -0.1) is 0 Å². The standard InChI is InChI=1S/C37H54N4O2/c42-36(35-37(25-17-7-3-4-8-18-26-37)34(39-43-35)31-21-13-10-14-22-31)38-32-28-40(27-30-19-11-9-12-20-30)41(29-32)33-23-15-5-1-2-6-16-24-33/h9-14,19-22,32-35,39H,1-8,15-18,23-29H2,(H,38,42). The maximum absolute atomic E-state index is 14.3. The van der Waals surface area contributed by atoms with Crippen LogP contribution in [0.2, 0.25) is 0 Å². The van der Waals surface area contributed by atoms with Gasteiger partial charge in [-0.05, 0) is 36.8 Å². The summed E-state index contributed by atoms with van der Waals surface area (Å²) in [5.41, 5.74) is 5.74. The molecule has 0 aromatic heterocycles. The van der Waals surface area contributed by atoms with Crippen LogP contribution in [0.5, 0.6) is 0 Å². The summed E-state index contributed by atoms with van der Waals surface area (Å²) in [7, 11) is 0. The van der Waals surface area contributed by atoms with Gasteiger partial charge in [0.1, 0.15) is 0 Å². The van der Waals surface area contributed by atoms with Gasteiger partial charge in [0.2, 0.25) is 0 Å². The number of nitrogens with zero attached hydrogens (tertiary/aromatic N) is 2. The van der Waals surface area contributed by atoms with Gasteiger partial charge >= 0.3 is 0 Å². The van der Waals surface area contributed by atoms with Gasteiger partial charge in [-0.3, -0.25) is 9.63 Å². The summed E-state index contributed by atoms with van der Waals surface area (Å²) in [6, 6.07) is 22.2. The van der Waals surface area contributed by atoms with Crippen LogP contribution in [0, 0.1) is 5.41 Å². The summed E-state index contributed by atoms with van der Waals surface area (Å²) in [5.74, 6) is 0.0751. The zero-order valence-corrected chi connectivity index (χ0v) is 26.2. The van der Waals surface area contributed by atoms with Crippen LogP contribution >= 0.6 is 0 Å². The van der Waals surface area contributed by atoms with E-state index >= 15 is 0 Å². The highest BCUT2D eigenvalue weighted by Crippen LogP contribution is 2.51. The average molecular weight is 587 g/mol. The fourth-order valence-corrected chi connectivity index (χ4v) is 8.54. The molecule has 2 saturated carbocycles. The third-order valence-electron chi connectivity index (χ3n) is 10.8. The van der Waals surface area contributed by atoms with Crippen LogP contribution in [-0.2, 0) is 16.2 Å². The zero-order chi connectivity index (χ0) is 29.3. The minimum absolute atomic E-state index is 0.0380. The lowest BCUT2D eigenvalue weighted by molar-refractivity contribution is -0.139. The fourth-order valence-electron chi connectivity index (χ4n) is 8.54. The number of amides is 1. The Morgan fingerprint density at radius 2 is 1.35 bits per heavy atom. The molecule has 234 valence electrons. The van der Waals surface area contributed by atoms with Crippen molar-refractivity contribution in [3.05, 3.63) is 71.8 Å². The normalized spacial score (nSPS) is 28.3. The van der Waals surface area contributed by atoms with Gasteiger partial charge in [-0.25, -0.2) is 10.0 Å². The second-order valence-electron chi connectivity index (χ2n) is 13.8. The molecule has 6 heteroatoms. The lowest BCUT2D eigenvalue weighted by atomic mass is 9.67. The highest BCUT2D eigenvalue weighted by atomic mass is 16.7. The lowest BCUT2D eigenvalue weighted by Gasteiger charge is -2.37. The Labute approximate surface area is 259 Å². The van der Waals surface area contributed by atoms with E-state index in [2.05, 4.69) is 81.5 Å². The molecular formula is C37H54N4O2. The first kappa shape index (κ1) is 30.8. The Kier molecular flexibility index (Phi) is 10.8. The number of carbonyl (C=O) groups is 1. The van der Waals surface area contributed by atoms with E-state index in [1.54, 1.807) is 0 Å². The molecule has 2 aromatic carbocycles. The molecule has 4 aliphatic rings. The molecular weight excluding hydrogens is 532 g/mol. The second kappa shape index (κ2) is 15.2. The van der Waals surface area contributed by atoms with Crippen molar-refractivity contribution in [3.8, 4) is 0 Å². The number of carbonyl (C=O) groups excluding carboxylic acids is 1. The molecule has 2 aliphatic carbocycles. The van der Waals surface area contributed by atoms with Crippen molar-refractivity contribution >= 4 is 5.91 Å². The molecule has 1 amide bonds. The number of nitrogens with one attached hydrogen (secondary N) is 2. The molecule has 3 atom stereocenters. The summed E-state index contributed by atoms with van der Waals surface area (Å²) in [5, 5.41) is 8.73. The first-order valence-corrected chi connectivity index (χ1v) is 17.5. The maximum Gasteiger partial charge on any atom is 0.252 e. The predicted octanol–water partition coefficient (Wildman–Crippen LogP) is 7.47. The summed E-state index contributed by atoms with van der Waals surface area (Å²) >= 11 is 0. The van der Waals surface area contributed by atoms with E-state index in [1.165, 1.54) is 88.2 Å². The van der Waals surface area contributed by atoms with E-state index < -0.39 is 6.10 Å². The highest BCUT2D eigenvalue weighted by Gasteiger charge is 2.55.